The van der Waals surface area contributed by atoms with E-state index in [1.165, 1.54) is 4.31 Å². The second-order valence-corrected chi connectivity index (χ2v) is 9.03. The summed E-state index contributed by atoms with van der Waals surface area (Å²) in [5.41, 5.74) is 3.13. The van der Waals surface area contributed by atoms with Crippen LogP contribution in [0, 0.1) is 13.8 Å². The molecule has 0 bridgehead atoms. The molecule has 0 saturated carbocycles. The molecule has 0 fully saturated rings. The first-order valence-electron chi connectivity index (χ1n) is 8.26. The summed E-state index contributed by atoms with van der Waals surface area (Å²) in [6.07, 6.45) is 1.47. The van der Waals surface area contributed by atoms with E-state index in [0.29, 0.717) is 17.8 Å². The fourth-order valence-corrected chi connectivity index (χ4v) is 4.32. The number of amides is 1. The molecule has 5 nitrogen and oxygen atoms in total. The summed E-state index contributed by atoms with van der Waals surface area (Å²) < 4.78 is 27.0. The van der Waals surface area contributed by atoms with Crippen molar-refractivity contribution in [2.24, 2.45) is 0 Å². The van der Waals surface area contributed by atoms with Crippen LogP contribution in [0.3, 0.4) is 0 Å². The van der Waals surface area contributed by atoms with Gasteiger partial charge in [-0.25, -0.2) is 8.42 Å². The van der Waals surface area contributed by atoms with Crippen LogP contribution in [0.15, 0.2) is 46.9 Å². The molecule has 0 aromatic heterocycles. The van der Waals surface area contributed by atoms with E-state index in [1.807, 2.05) is 26.0 Å². The SMILES string of the molecule is CC[C@H](C(=O)Nc1cccc(Br)c1)N(c1ccc(C)c(C)c1)S(C)(=O)=O. The van der Waals surface area contributed by atoms with Crippen molar-refractivity contribution in [3.63, 3.8) is 0 Å². The van der Waals surface area contributed by atoms with Crippen molar-refractivity contribution in [3.05, 3.63) is 58.1 Å². The molecule has 0 aliphatic heterocycles. The molecule has 0 aliphatic carbocycles. The van der Waals surface area contributed by atoms with Gasteiger partial charge in [-0.1, -0.05) is 35.0 Å². The monoisotopic (exact) mass is 438 g/mol. The number of nitrogens with one attached hydrogen (secondary N) is 1. The predicted molar refractivity (Wildman–Crippen MR) is 110 cm³/mol. The second kappa shape index (κ2) is 8.22. The molecule has 0 heterocycles. The van der Waals surface area contributed by atoms with Gasteiger partial charge in [-0.3, -0.25) is 9.10 Å². The van der Waals surface area contributed by atoms with Crippen LogP contribution in [0.25, 0.3) is 0 Å². The number of anilines is 2. The molecule has 1 amide bonds. The number of nitrogens with zero attached hydrogens (tertiary/aromatic N) is 1. The molecular formula is C19H23BrN2O3S. The van der Waals surface area contributed by atoms with E-state index in [4.69, 9.17) is 0 Å². The van der Waals surface area contributed by atoms with Gasteiger partial charge in [-0.2, -0.15) is 0 Å². The van der Waals surface area contributed by atoms with Gasteiger partial charge in [-0.15, -0.1) is 0 Å². The third-order valence-corrected chi connectivity index (χ3v) is 5.84. The highest BCUT2D eigenvalue weighted by atomic mass is 79.9. The molecule has 2 aromatic rings. The van der Waals surface area contributed by atoms with E-state index in [1.54, 1.807) is 37.3 Å². The van der Waals surface area contributed by atoms with Gasteiger partial charge < -0.3 is 5.32 Å². The highest BCUT2D eigenvalue weighted by Crippen LogP contribution is 2.26. The van der Waals surface area contributed by atoms with E-state index in [0.717, 1.165) is 21.9 Å². The van der Waals surface area contributed by atoms with Gasteiger partial charge in [0.25, 0.3) is 0 Å². The molecule has 1 N–H and O–H groups in total. The summed E-state index contributed by atoms with van der Waals surface area (Å²) in [5.74, 6) is -0.366. The molecule has 0 aliphatic rings. The van der Waals surface area contributed by atoms with E-state index in [2.05, 4.69) is 21.2 Å². The molecule has 26 heavy (non-hydrogen) atoms. The first-order valence-corrected chi connectivity index (χ1v) is 10.9. The van der Waals surface area contributed by atoms with Gasteiger partial charge in [0, 0.05) is 10.2 Å². The Labute approximate surface area is 163 Å². The van der Waals surface area contributed by atoms with Crippen molar-refractivity contribution < 1.29 is 13.2 Å². The first-order chi connectivity index (χ1) is 12.1. The van der Waals surface area contributed by atoms with Gasteiger partial charge in [0.05, 0.1) is 11.9 Å². The second-order valence-electron chi connectivity index (χ2n) is 6.25. The zero-order chi connectivity index (χ0) is 19.5. The largest absolute Gasteiger partial charge is 0.324 e. The summed E-state index contributed by atoms with van der Waals surface area (Å²) in [4.78, 5) is 12.8. The van der Waals surface area contributed by atoms with Crippen LogP contribution in [0.4, 0.5) is 11.4 Å². The summed E-state index contributed by atoms with van der Waals surface area (Å²) in [5, 5.41) is 2.81. The van der Waals surface area contributed by atoms with E-state index in [-0.39, 0.29) is 5.91 Å². The first kappa shape index (κ1) is 20.5. The van der Waals surface area contributed by atoms with Crippen LogP contribution in [-0.4, -0.2) is 26.6 Å². The molecular weight excluding hydrogens is 416 g/mol. The van der Waals surface area contributed by atoms with Crippen molar-refractivity contribution in [2.45, 2.75) is 33.2 Å². The Kier molecular flexibility index (Phi) is 6.47. The van der Waals surface area contributed by atoms with Crippen molar-refractivity contribution in [2.75, 3.05) is 15.9 Å². The van der Waals surface area contributed by atoms with Gasteiger partial charge in [-0.05, 0) is 61.7 Å². The highest BCUT2D eigenvalue weighted by Gasteiger charge is 2.31. The van der Waals surface area contributed by atoms with Crippen LogP contribution in [-0.2, 0) is 14.8 Å². The molecule has 0 unspecified atom stereocenters. The summed E-state index contributed by atoms with van der Waals surface area (Å²) in [6.45, 7) is 5.67. The summed E-state index contributed by atoms with van der Waals surface area (Å²) in [6, 6.07) is 11.7. The summed E-state index contributed by atoms with van der Waals surface area (Å²) >= 11 is 3.36. The Morgan fingerprint density at radius 3 is 2.38 bits per heavy atom. The van der Waals surface area contributed by atoms with Gasteiger partial charge in [0.15, 0.2) is 0 Å². The minimum atomic E-state index is -3.64. The quantitative estimate of drug-likeness (QED) is 0.732. The molecule has 0 spiro atoms. The lowest BCUT2D eigenvalue weighted by Crippen LogP contribution is -2.47. The van der Waals surface area contributed by atoms with Crippen molar-refractivity contribution >= 4 is 43.2 Å². The van der Waals surface area contributed by atoms with Crippen molar-refractivity contribution in [1.82, 2.24) is 0 Å². The molecule has 0 radical (unpaired) electrons. The minimum Gasteiger partial charge on any atom is -0.324 e. The highest BCUT2D eigenvalue weighted by molar-refractivity contribution is 9.10. The van der Waals surface area contributed by atoms with Crippen molar-refractivity contribution in [3.8, 4) is 0 Å². The molecule has 2 rings (SSSR count). The number of hydrogen-bond acceptors (Lipinski definition) is 3. The third-order valence-electron chi connectivity index (χ3n) is 4.17. The number of aryl methyl sites for hydroxylation is 2. The fourth-order valence-electron chi connectivity index (χ4n) is 2.71. The Hall–Kier alpha value is -1.86. The Bertz CT molecular complexity index is 913. The number of benzene rings is 2. The average molecular weight is 439 g/mol. The zero-order valence-electron chi connectivity index (χ0n) is 15.3. The maximum atomic E-state index is 12.8. The lowest BCUT2D eigenvalue weighted by Gasteiger charge is -2.30. The normalized spacial score (nSPS) is 12.5. The van der Waals surface area contributed by atoms with E-state index < -0.39 is 16.1 Å². The summed E-state index contributed by atoms with van der Waals surface area (Å²) in [7, 11) is -3.64. The van der Waals surface area contributed by atoms with Crippen LogP contribution in [0.1, 0.15) is 24.5 Å². The van der Waals surface area contributed by atoms with Crippen LogP contribution in [0.2, 0.25) is 0 Å². The average Bonchev–Trinajstić information content (AvgIpc) is 2.54. The standard InChI is InChI=1S/C19H23BrN2O3S/c1-5-18(19(23)21-16-8-6-7-15(20)12-16)22(26(4,24)25)17-10-9-13(2)14(3)11-17/h6-12,18H,5H2,1-4H3,(H,21,23)/t18-/m1/s1. The lowest BCUT2D eigenvalue weighted by atomic mass is 10.1. The van der Waals surface area contributed by atoms with Crippen molar-refractivity contribution in [1.29, 1.82) is 0 Å². The molecule has 7 heteroatoms. The molecule has 0 saturated heterocycles. The Balaban J connectivity index is 2.40. The maximum absolute atomic E-state index is 12.8. The number of carbonyl (C=O) groups is 1. The number of halogens is 1. The number of hydrogen-bond donors (Lipinski definition) is 1. The number of rotatable bonds is 6. The lowest BCUT2D eigenvalue weighted by molar-refractivity contribution is -0.117. The van der Waals surface area contributed by atoms with Crippen LogP contribution < -0.4 is 9.62 Å². The zero-order valence-corrected chi connectivity index (χ0v) is 17.7. The minimum absolute atomic E-state index is 0.347. The fraction of sp³-hybridized carbons (Fsp3) is 0.316. The van der Waals surface area contributed by atoms with Gasteiger partial charge in [0.2, 0.25) is 15.9 Å². The van der Waals surface area contributed by atoms with Crippen LogP contribution in [0.5, 0.6) is 0 Å². The van der Waals surface area contributed by atoms with Gasteiger partial charge >= 0.3 is 0 Å². The Morgan fingerprint density at radius 2 is 1.85 bits per heavy atom. The molecule has 2 aromatic carbocycles. The topological polar surface area (TPSA) is 66.5 Å². The number of sulfonamides is 1. The van der Waals surface area contributed by atoms with E-state index in [9.17, 15) is 13.2 Å². The predicted octanol–water partition coefficient (Wildman–Crippen LogP) is 4.25. The smallest absolute Gasteiger partial charge is 0.248 e. The Morgan fingerprint density at radius 1 is 1.15 bits per heavy atom. The number of carbonyl (C=O) groups excluding carboxylic acids is 1. The molecule has 1 atom stereocenters. The molecule has 140 valence electrons. The van der Waals surface area contributed by atoms with Crippen LogP contribution >= 0.6 is 15.9 Å². The third kappa shape index (κ3) is 4.86. The maximum Gasteiger partial charge on any atom is 0.248 e. The van der Waals surface area contributed by atoms with Gasteiger partial charge in [0.1, 0.15) is 6.04 Å². The van der Waals surface area contributed by atoms with E-state index >= 15 is 0 Å².